The van der Waals surface area contributed by atoms with Crippen molar-refractivity contribution >= 4 is 17.8 Å². The zero-order chi connectivity index (χ0) is 18.5. The molecule has 0 aliphatic heterocycles. The van der Waals surface area contributed by atoms with Crippen LogP contribution < -0.4 is 10.6 Å². The van der Waals surface area contributed by atoms with Crippen LogP contribution in [-0.2, 0) is 11.8 Å². The van der Waals surface area contributed by atoms with Crippen LogP contribution in [0.3, 0.4) is 0 Å². The minimum Gasteiger partial charge on any atom is -0.444 e. The van der Waals surface area contributed by atoms with Gasteiger partial charge in [0.1, 0.15) is 11.8 Å². The molecule has 9 nitrogen and oxygen atoms in total. The van der Waals surface area contributed by atoms with Gasteiger partial charge < -0.3 is 24.6 Å². The quantitative estimate of drug-likeness (QED) is 0.664. The second-order valence-corrected chi connectivity index (χ2v) is 6.21. The number of carbonyl (C=O) groups is 2. The van der Waals surface area contributed by atoms with Gasteiger partial charge in [-0.1, -0.05) is 6.58 Å². The van der Waals surface area contributed by atoms with Crippen LogP contribution in [0.5, 0.6) is 0 Å². The van der Waals surface area contributed by atoms with Gasteiger partial charge >= 0.3 is 6.09 Å². The number of aliphatic hydroxyl groups excluding tert-OH is 1. The fraction of sp³-hybridized carbons (Fsp3) is 0.533. The highest BCUT2D eigenvalue weighted by Gasteiger charge is 2.21. The summed E-state index contributed by atoms with van der Waals surface area (Å²) < 4.78 is 6.59. The Labute approximate surface area is 141 Å². The van der Waals surface area contributed by atoms with Crippen molar-refractivity contribution in [2.45, 2.75) is 32.5 Å². The monoisotopic (exact) mass is 339 g/mol. The Bertz CT molecular complexity index is 605. The number of hydrogen-bond acceptors (Lipinski definition) is 6. The first-order valence-corrected chi connectivity index (χ1v) is 7.37. The first kappa shape index (κ1) is 19.5. The number of carbonyl (C=O) groups excluding carboxylic acids is 2. The molecule has 1 aromatic heterocycles. The first-order valence-electron chi connectivity index (χ1n) is 7.37. The molecule has 1 atom stereocenters. The molecule has 134 valence electrons. The van der Waals surface area contributed by atoms with E-state index in [1.54, 1.807) is 39.8 Å². The molecule has 1 unspecified atom stereocenters. The van der Waals surface area contributed by atoms with Gasteiger partial charge in [0.2, 0.25) is 5.82 Å². The molecule has 1 heterocycles. The number of likely N-dealkylation sites (N-methyl/N-ethyl adjacent to an activating group) is 1. The number of nitrogens with zero attached hydrogens (tertiary/aromatic N) is 3. The lowest BCUT2D eigenvalue weighted by Gasteiger charge is -2.25. The normalized spacial score (nSPS) is 12.2. The standard InChI is InChI=1S/C15H25N5O4/c1-7-19(5)11(9-21)18-13(22)12-16-10(8-20(12)6)17-14(23)24-15(2,3)4/h7-8,11,21H,1,9H2,2-6H3,(H,17,23)(H,18,22). The van der Waals surface area contributed by atoms with E-state index >= 15 is 0 Å². The lowest BCUT2D eigenvalue weighted by molar-refractivity contribution is 0.0634. The number of hydrogen-bond donors (Lipinski definition) is 3. The van der Waals surface area contributed by atoms with Crippen LogP contribution in [0, 0.1) is 0 Å². The number of aryl methyl sites for hydroxylation is 1. The molecule has 1 aromatic rings. The van der Waals surface area contributed by atoms with Gasteiger partial charge in [-0.3, -0.25) is 10.1 Å². The maximum atomic E-state index is 12.3. The van der Waals surface area contributed by atoms with Crippen LogP contribution in [0.15, 0.2) is 19.0 Å². The molecule has 1 rings (SSSR count). The van der Waals surface area contributed by atoms with Crippen molar-refractivity contribution in [2.24, 2.45) is 7.05 Å². The zero-order valence-corrected chi connectivity index (χ0v) is 14.7. The lowest BCUT2D eigenvalue weighted by Crippen LogP contribution is -2.47. The van der Waals surface area contributed by atoms with Crippen molar-refractivity contribution in [3.8, 4) is 0 Å². The Kier molecular flexibility index (Phi) is 6.35. The Hall–Kier alpha value is -2.55. The average molecular weight is 339 g/mol. The summed E-state index contributed by atoms with van der Waals surface area (Å²) in [6, 6.07) is 0. The molecule has 0 saturated heterocycles. The summed E-state index contributed by atoms with van der Waals surface area (Å²) in [5, 5.41) is 14.4. The number of nitrogens with one attached hydrogen (secondary N) is 2. The summed E-state index contributed by atoms with van der Waals surface area (Å²) >= 11 is 0. The molecule has 0 bridgehead atoms. The lowest BCUT2D eigenvalue weighted by atomic mass is 10.2. The Morgan fingerprint density at radius 3 is 2.67 bits per heavy atom. The van der Waals surface area contributed by atoms with Gasteiger partial charge in [0.25, 0.3) is 5.91 Å². The van der Waals surface area contributed by atoms with E-state index in [0.29, 0.717) is 0 Å². The summed E-state index contributed by atoms with van der Waals surface area (Å²) in [5.41, 5.74) is -0.636. The number of imidazole rings is 1. The van der Waals surface area contributed by atoms with Gasteiger partial charge in [-0.25, -0.2) is 9.78 Å². The summed E-state index contributed by atoms with van der Waals surface area (Å²) in [5.74, 6) is -0.228. The number of amides is 2. The summed E-state index contributed by atoms with van der Waals surface area (Å²) in [4.78, 5) is 29.6. The summed E-state index contributed by atoms with van der Waals surface area (Å²) in [6.07, 6.45) is 1.68. The van der Waals surface area contributed by atoms with Crippen LogP contribution in [0.4, 0.5) is 10.6 Å². The Morgan fingerprint density at radius 1 is 1.54 bits per heavy atom. The molecule has 3 N–H and O–H groups in total. The van der Waals surface area contributed by atoms with Crippen LogP contribution in [0.25, 0.3) is 0 Å². The number of aliphatic hydroxyl groups is 1. The fourth-order valence-electron chi connectivity index (χ4n) is 1.77. The number of anilines is 1. The molecular formula is C15H25N5O4. The molecule has 0 aliphatic rings. The minimum absolute atomic E-state index is 0.0805. The van der Waals surface area contributed by atoms with E-state index in [9.17, 15) is 14.7 Å². The predicted molar refractivity (Wildman–Crippen MR) is 89.4 cm³/mol. The third-order valence-corrected chi connectivity index (χ3v) is 2.96. The summed E-state index contributed by atoms with van der Waals surface area (Å²) in [7, 11) is 3.29. The minimum atomic E-state index is -0.660. The van der Waals surface area contributed by atoms with Crippen molar-refractivity contribution in [2.75, 3.05) is 19.0 Å². The Balaban J connectivity index is 2.80. The number of aromatic nitrogens is 2. The zero-order valence-electron chi connectivity index (χ0n) is 14.7. The van der Waals surface area contributed by atoms with Crippen LogP contribution >= 0.6 is 0 Å². The number of rotatable bonds is 6. The molecule has 0 spiro atoms. The third kappa shape index (κ3) is 5.58. The van der Waals surface area contributed by atoms with Gasteiger partial charge in [-0.05, 0) is 27.0 Å². The molecule has 9 heteroatoms. The fourth-order valence-corrected chi connectivity index (χ4v) is 1.77. The largest absolute Gasteiger partial charge is 0.444 e. The highest BCUT2D eigenvalue weighted by atomic mass is 16.6. The van der Waals surface area contributed by atoms with Gasteiger partial charge in [0.05, 0.1) is 6.61 Å². The van der Waals surface area contributed by atoms with Crippen LogP contribution in [-0.4, -0.2) is 57.0 Å². The third-order valence-electron chi connectivity index (χ3n) is 2.96. The van der Waals surface area contributed by atoms with E-state index in [2.05, 4.69) is 22.2 Å². The smallest absolute Gasteiger partial charge is 0.413 e. The maximum absolute atomic E-state index is 12.3. The molecular weight excluding hydrogens is 314 g/mol. The van der Waals surface area contributed by atoms with Gasteiger partial charge in [-0.2, -0.15) is 0 Å². The highest BCUT2D eigenvalue weighted by molar-refractivity contribution is 5.92. The Morgan fingerprint density at radius 2 is 2.17 bits per heavy atom. The van der Waals surface area contributed by atoms with E-state index in [1.807, 2.05) is 0 Å². The summed E-state index contributed by atoms with van der Waals surface area (Å²) in [6.45, 7) is 8.52. The molecule has 0 aliphatic carbocycles. The second-order valence-electron chi connectivity index (χ2n) is 6.21. The molecule has 24 heavy (non-hydrogen) atoms. The van der Waals surface area contributed by atoms with Gasteiger partial charge in [0, 0.05) is 20.3 Å². The van der Waals surface area contributed by atoms with E-state index < -0.39 is 23.8 Å². The first-order chi connectivity index (χ1) is 11.1. The maximum Gasteiger partial charge on any atom is 0.413 e. The van der Waals surface area contributed by atoms with E-state index in [1.165, 1.54) is 17.0 Å². The highest BCUT2D eigenvalue weighted by Crippen LogP contribution is 2.11. The molecule has 0 aromatic carbocycles. The number of ether oxygens (including phenoxy) is 1. The van der Waals surface area contributed by atoms with E-state index in [-0.39, 0.29) is 18.2 Å². The molecule has 2 amide bonds. The second kappa shape index (κ2) is 7.82. The van der Waals surface area contributed by atoms with Crippen molar-refractivity contribution in [3.05, 3.63) is 24.8 Å². The van der Waals surface area contributed by atoms with E-state index in [4.69, 9.17) is 4.74 Å². The van der Waals surface area contributed by atoms with Crippen LogP contribution in [0.2, 0.25) is 0 Å². The van der Waals surface area contributed by atoms with Crippen molar-refractivity contribution in [1.29, 1.82) is 0 Å². The molecule has 0 saturated carbocycles. The van der Waals surface area contributed by atoms with Crippen molar-refractivity contribution < 1.29 is 19.4 Å². The van der Waals surface area contributed by atoms with Crippen molar-refractivity contribution in [1.82, 2.24) is 19.8 Å². The SMILES string of the molecule is C=CN(C)C(CO)NC(=O)c1nc(NC(=O)OC(C)(C)C)cn1C. The van der Waals surface area contributed by atoms with Gasteiger partial charge in [0.15, 0.2) is 5.82 Å². The van der Waals surface area contributed by atoms with E-state index in [0.717, 1.165) is 0 Å². The average Bonchev–Trinajstić information content (AvgIpc) is 2.82. The molecule has 0 fully saturated rings. The molecule has 0 radical (unpaired) electrons. The van der Waals surface area contributed by atoms with Gasteiger partial charge in [-0.15, -0.1) is 0 Å². The van der Waals surface area contributed by atoms with Crippen molar-refractivity contribution in [3.63, 3.8) is 0 Å². The predicted octanol–water partition coefficient (Wildman–Crippen LogP) is 0.891. The topological polar surface area (TPSA) is 109 Å². The van der Waals surface area contributed by atoms with Crippen LogP contribution in [0.1, 0.15) is 31.4 Å².